The molecule has 0 saturated carbocycles. The van der Waals surface area contributed by atoms with E-state index >= 15 is 0 Å². The van der Waals surface area contributed by atoms with Gasteiger partial charge >= 0.3 is 0 Å². The van der Waals surface area contributed by atoms with Gasteiger partial charge in [-0.1, -0.05) is 22.0 Å². The van der Waals surface area contributed by atoms with Gasteiger partial charge in [-0.3, -0.25) is 4.79 Å². The summed E-state index contributed by atoms with van der Waals surface area (Å²) in [5, 5.41) is 1.72. The smallest absolute Gasteiger partial charge is 0.267 e. The molecule has 60 valence electrons. The molecule has 3 heteroatoms. The number of carbonyl (C=O) groups is 1. The molecule has 0 radical (unpaired) electrons. The Kier molecular flexibility index (Phi) is 1.61. The van der Waals surface area contributed by atoms with Crippen molar-refractivity contribution in [2.45, 2.75) is 6.92 Å². The van der Waals surface area contributed by atoms with Crippen molar-refractivity contribution in [2.75, 3.05) is 0 Å². The maximum absolute atomic E-state index is 11.1. The molecule has 0 unspecified atom stereocenters. The quantitative estimate of drug-likeness (QED) is 0.640. The van der Waals surface area contributed by atoms with Gasteiger partial charge in [-0.25, -0.2) is 4.99 Å². The van der Waals surface area contributed by atoms with Crippen LogP contribution in [0.3, 0.4) is 0 Å². The van der Waals surface area contributed by atoms with Crippen molar-refractivity contribution in [1.82, 2.24) is 0 Å². The minimum Gasteiger partial charge on any atom is -0.267 e. The van der Waals surface area contributed by atoms with Gasteiger partial charge in [0.05, 0.1) is 5.36 Å². The molecule has 2 rings (SSSR count). The van der Waals surface area contributed by atoms with E-state index in [9.17, 15) is 4.79 Å². The van der Waals surface area contributed by atoms with E-state index in [1.165, 1.54) is 0 Å². The Morgan fingerprint density at radius 2 is 2.17 bits per heavy atom. The van der Waals surface area contributed by atoms with E-state index < -0.39 is 0 Å². The molecule has 0 spiro atoms. The largest absolute Gasteiger partial charge is 0.273 e. The molecule has 1 heterocycles. The number of amides is 1. The van der Waals surface area contributed by atoms with Gasteiger partial charge < -0.3 is 0 Å². The van der Waals surface area contributed by atoms with E-state index in [1.807, 2.05) is 18.2 Å². The standard InChI is InChI=1S/C9H6BrNO/c1-5-7-3-2-6(10)4-8(7)11-9(5)12/h2-4H,1H3. The fraction of sp³-hybridized carbons (Fsp3) is 0.111. The number of rotatable bonds is 0. The summed E-state index contributed by atoms with van der Waals surface area (Å²) in [5.74, 6) is -0.122. The summed E-state index contributed by atoms with van der Waals surface area (Å²) in [7, 11) is 0. The molecular weight excluding hydrogens is 218 g/mol. The minimum absolute atomic E-state index is 0.122. The molecule has 1 aromatic carbocycles. The van der Waals surface area contributed by atoms with Crippen LogP contribution in [0.5, 0.6) is 0 Å². The van der Waals surface area contributed by atoms with Gasteiger partial charge in [0.2, 0.25) is 0 Å². The molecule has 0 atom stereocenters. The summed E-state index contributed by atoms with van der Waals surface area (Å²) in [6, 6.07) is 5.67. The molecule has 1 aromatic rings. The second-order valence-electron chi connectivity index (χ2n) is 2.70. The summed E-state index contributed by atoms with van der Waals surface area (Å²) in [5.41, 5.74) is 0.734. The Balaban J connectivity index is 2.94. The molecule has 12 heavy (non-hydrogen) atoms. The summed E-state index contributed by atoms with van der Waals surface area (Å²) >= 11 is 3.32. The fourth-order valence-electron chi connectivity index (χ4n) is 1.22. The molecule has 0 fully saturated rings. The summed E-state index contributed by atoms with van der Waals surface area (Å²) in [6.07, 6.45) is 0. The molecule has 1 aliphatic heterocycles. The predicted molar refractivity (Wildman–Crippen MR) is 49.0 cm³/mol. The number of halogens is 1. The third-order valence-electron chi connectivity index (χ3n) is 1.91. The van der Waals surface area contributed by atoms with Crippen LogP contribution < -0.4 is 10.6 Å². The van der Waals surface area contributed by atoms with Crippen molar-refractivity contribution in [3.8, 4) is 0 Å². The molecule has 0 N–H and O–H groups in total. The Hall–Kier alpha value is -0.960. The maximum Gasteiger partial charge on any atom is 0.273 e. The van der Waals surface area contributed by atoms with Crippen molar-refractivity contribution in [3.63, 3.8) is 0 Å². The van der Waals surface area contributed by atoms with Crippen molar-refractivity contribution < 1.29 is 4.79 Å². The summed E-state index contributed by atoms with van der Waals surface area (Å²) in [4.78, 5) is 15.0. The summed E-state index contributed by atoms with van der Waals surface area (Å²) < 4.78 is 0.951. The van der Waals surface area contributed by atoms with E-state index in [1.54, 1.807) is 6.92 Å². The molecule has 0 bridgehead atoms. The molecule has 0 saturated heterocycles. The number of fused-ring (bicyclic) bond motifs is 1. The van der Waals surface area contributed by atoms with Crippen LogP contribution in [-0.4, -0.2) is 5.91 Å². The third kappa shape index (κ3) is 1.01. The Morgan fingerprint density at radius 1 is 1.42 bits per heavy atom. The van der Waals surface area contributed by atoms with Crippen LogP contribution in [0.4, 0.5) is 0 Å². The lowest BCUT2D eigenvalue weighted by atomic mass is 10.2. The molecule has 2 nitrogen and oxygen atoms in total. The van der Waals surface area contributed by atoms with Gasteiger partial charge in [-0.05, 0) is 19.1 Å². The first-order valence-corrected chi connectivity index (χ1v) is 4.37. The topological polar surface area (TPSA) is 29.4 Å². The number of benzene rings is 1. The Morgan fingerprint density at radius 3 is 2.92 bits per heavy atom. The zero-order chi connectivity index (χ0) is 8.72. The lowest BCUT2D eigenvalue weighted by Crippen LogP contribution is -2.21. The van der Waals surface area contributed by atoms with Gasteiger partial charge in [-0.15, -0.1) is 0 Å². The van der Waals surface area contributed by atoms with Crippen LogP contribution in [0.25, 0.3) is 5.57 Å². The SMILES string of the molecule is CC1=c2ccc(Br)cc2=NC1=O. The zero-order valence-electron chi connectivity index (χ0n) is 6.47. The highest BCUT2D eigenvalue weighted by Gasteiger charge is 2.10. The van der Waals surface area contributed by atoms with Crippen LogP contribution in [0.1, 0.15) is 6.92 Å². The number of carbonyl (C=O) groups excluding carboxylic acids is 1. The van der Waals surface area contributed by atoms with Gasteiger partial charge in [-0.2, -0.15) is 0 Å². The minimum atomic E-state index is -0.122. The van der Waals surface area contributed by atoms with E-state index in [4.69, 9.17) is 0 Å². The number of hydrogen-bond donors (Lipinski definition) is 0. The monoisotopic (exact) mass is 223 g/mol. The Bertz CT molecular complexity index is 476. The zero-order valence-corrected chi connectivity index (χ0v) is 8.05. The van der Waals surface area contributed by atoms with Crippen LogP contribution >= 0.6 is 15.9 Å². The van der Waals surface area contributed by atoms with Crippen LogP contribution in [-0.2, 0) is 4.79 Å². The van der Waals surface area contributed by atoms with E-state index in [0.717, 1.165) is 20.6 Å². The van der Waals surface area contributed by atoms with Crippen molar-refractivity contribution >= 4 is 27.4 Å². The third-order valence-corrected chi connectivity index (χ3v) is 2.40. The van der Waals surface area contributed by atoms with E-state index in [2.05, 4.69) is 20.9 Å². The first-order chi connectivity index (χ1) is 5.68. The van der Waals surface area contributed by atoms with Crippen LogP contribution in [0.2, 0.25) is 0 Å². The van der Waals surface area contributed by atoms with Crippen molar-refractivity contribution in [1.29, 1.82) is 0 Å². The van der Waals surface area contributed by atoms with Gasteiger partial charge in [0, 0.05) is 15.3 Å². The fourth-order valence-corrected chi connectivity index (χ4v) is 1.57. The van der Waals surface area contributed by atoms with E-state index in [0.29, 0.717) is 0 Å². The first-order valence-electron chi connectivity index (χ1n) is 3.58. The van der Waals surface area contributed by atoms with Crippen LogP contribution in [0.15, 0.2) is 27.7 Å². The summed E-state index contributed by atoms with van der Waals surface area (Å²) in [6.45, 7) is 1.80. The highest BCUT2D eigenvalue weighted by molar-refractivity contribution is 9.10. The maximum atomic E-state index is 11.1. The average Bonchev–Trinajstić information content (AvgIpc) is 2.28. The number of nitrogens with zero attached hydrogens (tertiary/aromatic N) is 1. The molecule has 1 amide bonds. The van der Waals surface area contributed by atoms with Gasteiger partial charge in [0.25, 0.3) is 5.91 Å². The second-order valence-corrected chi connectivity index (χ2v) is 3.62. The predicted octanol–water partition coefficient (Wildman–Crippen LogP) is 0.779. The second kappa shape index (κ2) is 2.52. The molecule has 0 aliphatic carbocycles. The van der Waals surface area contributed by atoms with Crippen molar-refractivity contribution in [2.24, 2.45) is 4.99 Å². The van der Waals surface area contributed by atoms with Gasteiger partial charge in [0.15, 0.2) is 0 Å². The lowest BCUT2D eigenvalue weighted by Gasteiger charge is -1.86. The van der Waals surface area contributed by atoms with Gasteiger partial charge in [0.1, 0.15) is 0 Å². The number of hydrogen-bond acceptors (Lipinski definition) is 1. The normalized spacial score (nSPS) is 14.5. The average molecular weight is 224 g/mol. The molecular formula is C9H6BrNO. The van der Waals surface area contributed by atoms with E-state index in [-0.39, 0.29) is 5.91 Å². The van der Waals surface area contributed by atoms with Crippen molar-refractivity contribution in [3.05, 3.63) is 33.2 Å². The molecule has 1 aliphatic rings. The highest BCUT2D eigenvalue weighted by Crippen LogP contribution is 2.05. The highest BCUT2D eigenvalue weighted by atomic mass is 79.9. The lowest BCUT2D eigenvalue weighted by molar-refractivity contribution is -0.112. The van der Waals surface area contributed by atoms with Crippen LogP contribution in [0, 0.1) is 0 Å². The Labute approximate surface area is 77.8 Å². The molecule has 0 aromatic heterocycles. The first kappa shape index (κ1) is 7.68.